The largest absolute Gasteiger partial charge is 0.494 e. The van der Waals surface area contributed by atoms with Crippen LogP contribution in [0.2, 0.25) is 0 Å². The van der Waals surface area contributed by atoms with Crippen molar-refractivity contribution >= 4 is 22.7 Å². The van der Waals surface area contributed by atoms with Gasteiger partial charge in [-0.15, -0.1) is 11.8 Å². The van der Waals surface area contributed by atoms with Crippen LogP contribution in [0.25, 0.3) is 10.9 Å². The van der Waals surface area contributed by atoms with Gasteiger partial charge in [-0.2, -0.15) is 13.2 Å². The number of thioether (sulfide) groups is 1. The van der Waals surface area contributed by atoms with Crippen molar-refractivity contribution in [2.75, 3.05) is 25.4 Å². The van der Waals surface area contributed by atoms with Crippen LogP contribution in [-0.4, -0.2) is 47.5 Å². The monoisotopic (exact) mass is 518 g/mol. The zero-order valence-electron chi connectivity index (χ0n) is 20.8. The van der Waals surface area contributed by atoms with Gasteiger partial charge in [0.2, 0.25) is 0 Å². The Morgan fingerprint density at radius 2 is 1.75 bits per heavy atom. The molecule has 36 heavy (non-hydrogen) atoms. The Bertz CT molecular complexity index is 1110. The summed E-state index contributed by atoms with van der Waals surface area (Å²) in [5.41, 5.74) is 0.989. The summed E-state index contributed by atoms with van der Waals surface area (Å²) in [7, 11) is 0. The van der Waals surface area contributed by atoms with Crippen molar-refractivity contribution in [3.05, 3.63) is 65.9 Å². The Labute approximate surface area is 215 Å². The second-order valence-corrected chi connectivity index (χ2v) is 10.5. The van der Waals surface area contributed by atoms with Crippen molar-refractivity contribution in [1.82, 2.24) is 9.88 Å². The molecule has 4 nitrogen and oxygen atoms in total. The van der Waals surface area contributed by atoms with Crippen molar-refractivity contribution in [1.29, 1.82) is 0 Å². The molecule has 2 heterocycles. The number of unbranched alkanes of at least 4 members (excludes halogenated alkanes) is 2. The van der Waals surface area contributed by atoms with Gasteiger partial charge >= 0.3 is 6.18 Å². The maximum absolute atomic E-state index is 13.0. The minimum absolute atomic E-state index is 0.269. The molecule has 0 saturated carbocycles. The minimum atomic E-state index is -4.36. The highest BCUT2D eigenvalue weighted by Gasteiger charge is 2.30. The highest BCUT2D eigenvalue weighted by molar-refractivity contribution is 7.99. The normalized spacial score (nSPS) is 19.0. The molecule has 3 aromatic rings. The summed E-state index contributed by atoms with van der Waals surface area (Å²) in [6.07, 6.45) is 0.747. The van der Waals surface area contributed by atoms with Gasteiger partial charge in [0.25, 0.3) is 0 Å². The van der Waals surface area contributed by atoms with E-state index < -0.39 is 11.7 Å². The molecule has 4 rings (SSSR count). The predicted molar refractivity (Wildman–Crippen MR) is 139 cm³/mol. The first-order valence-electron chi connectivity index (χ1n) is 12.5. The smallest absolute Gasteiger partial charge is 0.416 e. The Morgan fingerprint density at radius 3 is 2.47 bits per heavy atom. The molecular formula is C28H33F3N2O2S. The minimum Gasteiger partial charge on any atom is -0.494 e. The molecule has 1 saturated heterocycles. The summed E-state index contributed by atoms with van der Waals surface area (Å²) >= 11 is 1.66. The molecule has 0 amide bonds. The molecule has 1 fully saturated rings. The van der Waals surface area contributed by atoms with Crippen molar-refractivity contribution in [3.63, 3.8) is 0 Å². The molecule has 2 unspecified atom stereocenters. The molecule has 194 valence electrons. The van der Waals surface area contributed by atoms with E-state index in [9.17, 15) is 13.2 Å². The van der Waals surface area contributed by atoms with E-state index in [0.29, 0.717) is 12.1 Å². The first-order chi connectivity index (χ1) is 17.3. The quantitative estimate of drug-likeness (QED) is 0.209. The van der Waals surface area contributed by atoms with E-state index >= 15 is 0 Å². The third-order valence-corrected chi connectivity index (χ3v) is 7.33. The van der Waals surface area contributed by atoms with E-state index in [1.54, 1.807) is 18.0 Å². The average Bonchev–Trinajstić information content (AvgIpc) is 2.83. The number of pyridine rings is 1. The van der Waals surface area contributed by atoms with Crippen LogP contribution in [0.1, 0.15) is 44.2 Å². The van der Waals surface area contributed by atoms with Crippen LogP contribution < -0.4 is 4.74 Å². The van der Waals surface area contributed by atoms with Gasteiger partial charge in [-0.3, -0.25) is 9.88 Å². The first kappa shape index (κ1) is 26.8. The summed E-state index contributed by atoms with van der Waals surface area (Å²) in [6, 6.07) is 14.0. The van der Waals surface area contributed by atoms with Crippen molar-refractivity contribution in [2.45, 2.75) is 62.9 Å². The second kappa shape index (κ2) is 12.3. The number of halogens is 3. The van der Waals surface area contributed by atoms with Gasteiger partial charge < -0.3 is 9.47 Å². The summed E-state index contributed by atoms with van der Waals surface area (Å²) in [4.78, 5) is 7.51. The zero-order chi connectivity index (χ0) is 25.5. The second-order valence-electron chi connectivity index (χ2n) is 9.39. The van der Waals surface area contributed by atoms with Crippen LogP contribution in [0.5, 0.6) is 5.75 Å². The number of hydrogen-bond donors (Lipinski definition) is 0. The van der Waals surface area contributed by atoms with Gasteiger partial charge in [0.15, 0.2) is 0 Å². The number of aromatic nitrogens is 1. The molecule has 1 aromatic heterocycles. The topological polar surface area (TPSA) is 34.6 Å². The van der Waals surface area contributed by atoms with Crippen LogP contribution in [0.4, 0.5) is 13.2 Å². The van der Waals surface area contributed by atoms with Crippen LogP contribution in [0.15, 0.2) is 59.6 Å². The van der Waals surface area contributed by atoms with Crippen LogP contribution in [0, 0.1) is 0 Å². The van der Waals surface area contributed by atoms with Gasteiger partial charge in [-0.25, -0.2) is 0 Å². The van der Waals surface area contributed by atoms with Gasteiger partial charge in [0, 0.05) is 36.1 Å². The molecule has 1 aliphatic rings. The number of fused-ring (bicyclic) bond motifs is 1. The third-order valence-electron chi connectivity index (χ3n) is 6.17. The highest BCUT2D eigenvalue weighted by atomic mass is 32.2. The SMILES string of the molecule is CC1CN(Cc2ccc(OCCCCCSc3ccnc4cc(C(F)(F)F)ccc34)cc2)CC(C)O1. The number of alkyl halides is 3. The van der Waals surface area contributed by atoms with Gasteiger partial charge in [-0.1, -0.05) is 18.2 Å². The maximum Gasteiger partial charge on any atom is 0.416 e. The fraction of sp³-hybridized carbons (Fsp3) is 0.464. The Balaban J connectivity index is 1.15. The lowest BCUT2D eigenvalue weighted by atomic mass is 10.1. The Kier molecular flexibility index (Phi) is 9.14. The lowest BCUT2D eigenvalue weighted by Crippen LogP contribution is -2.44. The van der Waals surface area contributed by atoms with Gasteiger partial charge in [0.1, 0.15) is 5.75 Å². The first-order valence-corrected chi connectivity index (χ1v) is 13.4. The van der Waals surface area contributed by atoms with Crippen LogP contribution >= 0.6 is 11.8 Å². The standard InChI is InChI=1S/C28H33F3N2O2S/c1-20-17-33(18-21(2)35-20)19-22-6-9-24(10-7-22)34-14-4-3-5-15-36-27-12-13-32-26-16-23(28(29,30)31)8-11-25(26)27/h6-13,16,20-21H,3-5,14-15,17-19H2,1-2H3. The van der Waals surface area contributed by atoms with E-state index in [4.69, 9.17) is 9.47 Å². The number of nitrogens with zero attached hydrogens (tertiary/aromatic N) is 2. The number of morpholine rings is 1. The summed E-state index contributed by atoms with van der Waals surface area (Å²) in [6.45, 7) is 7.74. The van der Waals surface area contributed by atoms with E-state index in [-0.39, 0.29) is 12.2 Å². The molecule has 8 heteroatoms. The number of ether oxygens (including phenoxy) is 2. The molecule has 0 radical (unpaired) electrons. The van der Waals surface area contributed by atoms with E-state index in [2.05, 4.69) is 35.9 Å². The maximum atomic E-state index is 13.0. The lowest BCUT2D eigenvalue weighted by Gasteiger charge is -2.35. The molecule has 1 aliphatic heterocycles. The number of benzene rings is 2. The number of rotatable bonds is 10. The Morgan fingerprint density at radius 1 is 1.00 bits per heavy atom. The fourth-order valence-corrected chi connectivity index (χ4v) is 5.59. The Hall–Kier alpha value is -2.29. The van der Waals surface area contributed by atoms with Crippen LogP contribution in [0.3, 0.4) is 0 Å². The van der Waals surface area contributed by atoms with E-state index in [0.717, 1.165) is 72.8 Å². The van der Waals surface area contributed by atoms with E-state index in [1.807, 2.05) is 18.2 Å². The predicted octanol–water partition coefficient (Wildman–Crippen LogP) is 7.20. The molecule has 0 spiro atoms. The van der Waals surface area contributed by atoms with E-state index in [1.165, 1.54) is 11.6 Å². The molecule has 0 N–H and O–H groups in total. The summed E-state index contributed by atoms with van der Waals surface area (Å²) in [5.74, 6) is 1.78. The van der Waals surface area contributed by atoms with Crippen molar-refractivity contribution in [3.8, 4) is 5.75 Å². The molecular weight excluding hydrogens is 485 g/mol. The van der Waals surface area contributed by atoms with Crippen molar-refractivity contribution in [2.24, 2.45) is 0 Å². The zero-order valence-corrected chi connectivity index (χ0v) is 21.6. The molecule has 2 aromatic carbocycles. The fourth-order valence-electron chi connectivity index (χ4n) is 4.54. The molecule has 0 bridgehead atoms. The number of hydrogen-bond acceptors (Lipinski definition) is 5. The van der Waals surface area contributed by atoms with Gasteiger partial charge in [-0.05, 0) is 74.8 Å². The average molecular weight is 519 g/mol. The van der Waals surface area contributed by atoms with Gasteiger partial charge in [0.05, 0.1) is 29.9 Å². The third kappa shape index (κ3) is 7.60. The lowest BCUT2D eigenvalue weighted by molar-refractivity contribution is -0.137. The van der Waals surface area contributed by atoms with Crippen LogP contribution in [-0.2, 0) is 17.5 Å². The molecule has 0 aliphatic carbocycles. The van der Waals surface area contributed by atoms with Crippen molar-refractivity contribution < 1.29 is 22.6 Å². The summed E-state index contributed by atoms with van der Waals surface area (Å²) in [5, 5.41) is 0.764. The highest BCUT2D eigenvalue weighted by Crippen LogP contribution is 2.34. The molecule has 2 atom stereocenters. The summed E-state index contributed by atoms with van der Waals surface area (Å²) < 4.78 is 50.6.